The van der Waals surface area contributed by atoms with Crippen LogP contribution in [0.3, 0.4) is 0 Å². The molecule has 0 aromatic heterocycles. The van der Waals surface area contributed by atoms with Gasteiger partial charge in [-0.05, 0) is 32.0 Å². The Hall–Kier alpha value is -1.58. The van der Waals surface area contributed by atoms with Gasteiger partial charge in [0.25, 0.3) is 0 Å². The Bertz CT molecular complexity index is 688. The Morgan fingerprint density at radius 2 is 1.96 bits per heavy atom. The number of nitrogens with zero attached hydrogens (tertiary/aromatic N) is 2. The molecule has 0 saturated carbocycles. The molecule has 0 atom stereocenters. The first-order chi connectivity index (χ1) is 10.7. The first-order valence-corrected chi connectivity index (χ1v) is 8.53. The molecule has 0 bridgehead atoms. The van der Waals surface area contributed by atoms with Crippen LogP contribution in [0.5, 0.6) is 0 Å². The van der Waals surface area contributed by atoms with Crippen LogP contribution in [0.15, 0.2) is 23.1 Å². The van der Waals surface area contributed by atoms with Gasteiger partial charge in [-0.15, -0.1) is 0 Å². The van der Waals surface area contributed by atoms with E-state index in [0.717, 1.165) is 16.4 Å². The van der Waals surface area contributed by atoms with Crippen LogP contribution >= 0.6 is 0 Å². The molecule has 0 aliphatic carbocycles. The highest BCUT2D eigenvalue weighted by Gasteiger charge is 2.32. The average Bonchev–Trinajstić information content (AvgIpc) is 2.46. The molecule has 1 aromatic carbocycles. The third-order valence-electron chi connectivity index (χ3n) is 3.94. The first-order valence-electron chi connectivity index (χ1n) is 7.09. The van der Waals surface area contributed by atoms with Gasteiger partial charge in [0.1, 0.15) is 16.5 Å². The summed E-state index contributed by atoms with van der Waals surface area (Å²) in [5, 5.41) is 8.78. The Labute approximate surface area is 133 Å². The first kappa shape index (κ1) is 17.8. The van der Waals surface area contributed by atoms with Crippen molar-refractivity contribution in [3.63, 3.8) is 0 Å². The summed E-state index contributed by atoms with van der Waals surface area (Å²) in [5.41, 5.74) is 0. The molecule has 1 aromatic rings. The van der Waals surface area contributed by atoms with Crippen LogP contribution in [-0.2, 0) is 14.8 Å². The maximum Gasteiger partial charge on any atom is 0.317 e. The lowest BCUT2D eigenvalue weighted by molar-refractivity contribution is -0.138. The average molecular weight is 348 g/mol. The van der Waals surface area contributed by atoms with Crippen LogP contribution < -0.4 is 0 Å². The van der Waals surface area contributed by atoms with Gasteiger partial charge in [-0.3, -0.25) is 9.69 Å². The van der Waals surface area contributed by atoms with Crippen molar-refractivity contribution in [3.05, 3.63) is 29.8 Å². The molecule has 6 nitrogen and oxygen atoms in total. The summed E-state index contributed by atoms with van der Waals surface area (Å²) in [5.74, 6) is -2.90. The van der Waals surface area contributed by atoms with E-state index < -0.39 is 32.5 Å². The second-order valence-electron chi connectivity index (χ2n) is 5.52. The van der Waals surface area contributed by atoms with Crippen LogP contribution in [0, 0.1) is 11.6 Å². The molecule has 1 saturated heterocycles. The minimum Gasteiger partial charge on any atom is -0.480 e. The summed E-state index contributed by atoms with van der Waals surface area (Å²) >= 11 is 0. The molecule has 9 heteroatoms. The zero-order valence-corrected chi connectivity index (χ0v) is 13.4. The predicted molar refractivity (Wildman–Crippen MR) is 78.4 cm³/mol. The minimum absolute atomic E-state index is 0.0457. The number of hydrogen-bond donors (Lipinski definition) is 1. The maximum atomic E-state index is 13.7. The summed E-state index contributed by atoms with van der Waals surface area (Å²) in [6.45, 7) is 0.200. The lowest BCUT2D eigenvalue weighted by Gasteiger charge is -2.35. The van der Waals surface area contributed by atoms with Gasteiger partial charge in [-0.1, -0.05) is 0 Å². The zero-order chi connectivity index (χ0) is 17.2. The lowest BCUT2D eigenvalue weighted by Crippen LogP contribution is -2.46. The minimum atomic E-state index is -4.02. The van der Waals surface area contributed by atoms with Gasteiger partial charge in [0.05, 0.1) is 6.54 Å². The van der Waals surface area contributed by atoms with Gasteiger partial charge in [-0.2, -0.15) is 4.31 Å². The van der Waals surface area contributed by atoms with Gasteiger partial charge in [0.2, 0.25) is 10.0 Å². The number of carbonyl (C=O) groups is 1. The summed E-state index contributed by atoms with van der Waals surface area (Å²) in [4.78, 5) is 11.8. The second-order valence-corrected chi connectivity index (χ2v) is 7.43. The predicted octanol–water partition coefficient (Wildman–Crippen LogP) is 1.13. The topological polar surface area (TPSA) is 77.9 Å². The summed E-state index contributed by atoms with van der Waals surface area (Å²) < 4.78 is 52.7. The Morgan fingerprint density at radius 3 is 2.48 bits per heavy atom. The largest absolute Gasteiger partial charge is 0.480 e. The van der Waals surface area contributed by atoms with E-state index in [1.165, 1.54) is 0 Å². The standard InChI is InChI=1S/C14H18F2N2O4S/c1-17(9-14(19)20)11-4-6-18(7-5-11)23(21,22)13-3-2-10(15)8-12(13)16/h2-3,8,11H,4-7,9H2,1H3,(H,19,20). The zero-order valence-electron chi connectivity index (χ0n) is 12.6. The second kappa shape index (κ2) is 6.90. The molecule has 1 N–H and O–H groups in total. The fourth-order valence-corrected chi connectivity index (χ4v) is 4.20. The summed E-state index contributed by atoms with van der Waals surface area (Å²) in [6.07, 6.45) is 0.900. The van der Waals surface area contributed by atoms with E-state index in [0.29, 0.717) is 18.9 Å². The number of hydrogen-bond acceptors (Lipinski definition) is 4. The molecular weight excluding hydrogens is 330 g/mol. The monoisotopic (exact) mass is 348 g/mol. The summed E-state index contributed by atoms with van der Waals surface area (Å²) in [7, 11) is -2.36. The van der Waals surface area contributed by atoms with E-state index >= 15 is 0 Å². The number of carboxylic acids is 1. The SMILES string of the molecule is CN(CC(=O)O)C1CCN(S(=O)(=O)c2ccc(F)cc2F)CC1. The van der Waals surface area contributed by atoms with Crippen LogP contribution in [-0.4, -0.2) is 61.4 Å². The molecule has 1 fully saturated rings. The van der Waals surface area contributed by atoms with E-state index in [2.05, 4.69) is 0 Å². The molecule has 0 unspecified atom stereocenters. The molecule has 23 heavy (non-hydrogen) atoms. The highest BCUT2D eigenvalue weighted by Crippen LogP contribution is 2.24. The molecule has 128 valence electrons. The van der Waals surface area contributed by atoms with Crippen LogP contribution in [0.4, 0.5) is 8.78 Å². The van der Waals surface area contributed by atoms with Crippen molar-refractivity contribution in [3.8, 4) is 0 Å². The number of piperidine rings is 1. The Kier molecular flexibility index (Phi) is 5.33. The fourth-order valence-electron chi connectivity index (χ4n) is 2.69. The number of halogens is 2. The van der Waals surface area contributed by atoms with E-state index in [1.807, 2.05) is 0 Å². The third kappa shape index (κ3) is 4.04. The third-order valence-corrected chi connectivity index (χ3v) is 5.88. The van der Waals surface area contributed by atoms with Crippen molar-refractivity contribution in [2.45, 2.75) is 23.8 Å². The number of aliphatic carboxylic acids is 1. The molecule has 0 radical (unpaired) electrons. The number of benzene rings is 1. The van der Waals surface area contributed by atoms with Crippen molar-refractivity contribution in [2.75, 3.05) is 26.7 Å². The lowest BCUT2D eigenvalue weighted by atomic mass is 10.1. The number of rotatable bonds is 5. The molecule has 1 aliphatic rings. The van der Waals surface area contributed by atoms with Crippen LogP contribution in [0.1, 0.15) is 12.8 Å². The van der Waals surface area contributed by atoms with Crippen LogP contribution in [0.2, 0.25) is 0 Å². The van der Waals surface area contributed by atoms with Gasteiger partial charge in [0.15, 0.2) is 0 Å². The fraction of sp³-hybridized carbons (Fsp3) is 0.500. The molecule has 0 spiro atoms. The number of likely N-dealkylation sites (N-methyl/N-ethyl adjacent to an activating group) is 1. The Morgan fingerprint density at radius 1 is 1.35 bits per heavy atom. The summed E-state index contributed by atoms with van der Waals surface area (Å²) in [6, 6.07) is 2.32. The number of sulfonamides is 1. The van der Waals surface area contributed by atoms with E-state index in [1.54, 1.807) is 11.9 Å². The van der Waals surface area contributed by atoms with Crippen molar-refractivity contribution in [1.82, 2.24) is 9.21 Å². The molecule has 1 heterocycles. The molecule has 0 amide bonds. The van der Waals surface area contributed by atoms with Crippen molar-refractivity contribution in [2.24, 2.45) is 0 Å². The maximum absolute atomic E-state index is 13.7. The van der Waals surface area contributed by atoms with Crippen molar-refractivity contribution in [1.29, 1.82) is 0 Å². The van der Waals surface area contributed by atoms with Gasteiger partial charge in [-0.25, -0.2) is 17.2 Å². The normalized spacial score (nSPS) is 17.6. The smallest absolute Gasteiger partial charge is 0.317 e. The van der Waals surface area contributed by atoms with Gasteiger partial charge in [0, 0.05) is 25.2 Å². The van der Waals surface area contributed by atoms with E-state index in [-0.39, 0.29) is 25.7 Å². The highest BCUT2D eigenvalue weighted by molar-refractivity contribution is 7.89. The quantitative estimate of drug-likeness (QED) is 0.863. The number of carboxylic acid groups (broad SMARTS) is 1. The van der Waals surface area contributed by atoms with Gasteiger partial charge < -0.3 is 5.11 Å². The van der Waals surface area contributed by atoms with E-state index in [4.69, 9.17) is 5.11 Å². The van der Waals surface area contributed by atoms with Crippen molar-refractivity contribution >= 4 is 16.0 Å². The van der Waals surface area contributed by atoms with Crippen LogP contribution in [0.25, 0.3) is 0 Å². The highest BCUT2D eigenvalue weighted by atomic mass is 32.2. The Balaban J connectivity index is 2.08. The van der Waals surface area contributed by atoms with Crippen molar-refractivity contribution < 1.29 is 27.1 Å². The van der Waals surface area contributed by atoms with Gasteiger partial charge >= 0.3 is 5.97 Å². The molecule has 1 aliphatic heterocycles. The molecular formula is C14H18F2N2O4S. The molecule has 2 rings (SSSR count). The van der Waals surface area contributed by atoms with E-state index in [9.17, 15) is 22.0 Å².